The van der Waals surface area contributed by atoms with Crippen LogP contribution in [-0.4, -0.2) is 19.7 Å². The van der Waals surface area contributed by atoms with Gasteiger partial charge in [0, 0.05) is 46.2 Å². The molecular weight excluding hydrogens is 753 g/mol. The minimum Gasteiger partial charge on any atom is -0.468 e. The molecule has 5 unspecified atom stereocenters. The molecule has 3 aromatic rings. The Balaban J connectivity index is 1.25. The smallest absolute Gasteiger partial charge is 0.296 e. The Morgan fingerprint density at radius 1 is 0.967 bits per heavy atom. The SMILES string of the molecule is C=CCN1c2cc(C)cc3c2B(C2=C(CC4C(=C2)C(C)CCC4C)N3C2=CCC(C(C)(C)C)C=C2C2C=CC(C(F)F)=CC2)c2oc3cc4c(cc3c21)C(C)(C)CCC4(C)C. The van der Waals surface area contributed by atoms with Gasteiger partial charge in [-0.1, -0.05) is 110 Å². The van der Waals surface area contributed by atoms with Gasteiger partial charge in [0.2, 0.25) is 0 Å². The van der Waals surface area contributed by atoms with Crippen LogP contribution in [0.2, 0.25) is 0 Å². The van der Waals surface area contributed by atoms with E-state index in [0.29, 0.717) is 36.6 Å². The van der Waals surface area contributed by atoms with Gasteiger partial charge in [-0.25, -0.2) is 8.78 Å². The Bertz CT molecular complexity index is 2570. The van der Waals surface area contributed by atoms with E-state index in [2.05, 4.69) is 134 Å². The van der Waals surface area contributed by atoms with Crippen molar-refractivity contribution in [3.05, 3.63) is 124 Å². The summed E-state index contributed by atoms with van der Waals surface area (Å²) in [6.45, 7) is 28.7. The van der Waals surface area contributed by atoms with Crippen LogP contribution in [0.4, 0.5) is 25.8 Å². The van der Waals surface area contributed by atoms with Crippen LogP contribution in [0.1, 0.15) is 124 Å². The molecule has 1 aromatic heterocycles. The minimum absolute atomic E-state index is 0.00315. The molecule has 0 spiro atoms. The number of hydrogen-bond acceptors (Lipinski definition) is 3. The van der Waals surface area contributed by atoms with E-state index in [1.165, 1.54) is 79.9 Å². The molecule has 0 N–H and O–H groups in total. The summed E-state index contributed by atoms with van der Waals surface area (Å²) in [5, 5.41) is 1.20. The van der Waals surface area contributed by atoms with Crippen molar-refractivity contribution >= 4 is 45.9 Å². The van der Waals surface area contributed by atoms with E-state index >= 15 is 0 Å². The van der Waals surface area contributed by atoms with E-state index < -0.39 is 6.43 Å². The number of benzene rings is 2. The number of alkyl halides is 2. The maximum Gasteiger partial charge on any atom is 0.296 e. The van der Waals surface area contributed by atoms with Crippen LogP contribution in [-0.2, 0) is 10.8 Å². The molecule has 61 heavy (non-hydrogen) atoms. The third kappa shape index (κ3) is 6.29. The number of rotatable bonds is 5. The lowest BCUT2D eigenvalue weighted by Gasteiger charge is -2.49. The van der Waals surface area contributed by atoms with E-state index in [9.17, 15) is 8.78 Å². The van der Waals surface area contributed by atoms with Gasteiger partial charge in [-0.05, 0) is 149 Å². The molecule has 318 valence electrons. The van der Waals surface area contributed by atoms with Crippen LogP contribution in [0.15, 0.2) is 111 Å². The van der Waals surface area contributed by atoms with Crippen molar-refractivity contribution in [1.29, 1.82) is 0 Å². The average Bonchev–Trinajstić information content (AvgIpc) is 3.59. The van der Waals surface area contributed by atoms with Gasteiger partial charge in [0.05, 0.1) is 11.3 Å². The molecule has 2 aromatic carbocycles. The third-order valence-electron chi connectivity index (χ3n) is 16.4. The predicted octanol–water partition coefficient (Wildman–Crippen LogP) is 13.6. The molecule has 6 heteroatoms. The van der Waals surface area contributed by atoms with Crippen molar-refractivity contribution in [2.24, 2.45) is 35.0 Å². The van der Waals surface area contributed by atoms with E-state index in [1.807, 2.05) is 6.08 Å². The summed E-state index contributed by atoms with van der Waals surface area (Å²) < 4.78 is 35.4. The topological polar surface area (TPSA) is 19.6 Å². The number of hydrogen-bond donors (Lipinski definition) is 0. The molecule has 10 rings (SSSR count). The zero-order chi connectivity index (χ0) is 43.1. The highest BCUT2D eigenvalue weighted by Gasteiger charge is 2.51. The molecule has 0 amide bonds. The van der Waals surface area contributed by atoms with Crippen molar-refractivity contribution in [2.75, 3.05) is 16.3 Å². The van der Waals surface area contributed by atoms with Crippen LogP contribution in [0.5, 0.6) is 0 Å². The molecule has 0 bridgehead atoms. The summed E-state index contributed by atoms with van der Waals surface area (Å²) >= 11 is 0. The van der Waals surface area contributed by atoms with Crippen molar-refractivity contribution in [1.82, 2.24) is 0 Å². The fourth-order valence-electron chi connectivity index (χ4n) is 12.5. The highest BCUT2D eigenvalue weighted by atomic mass is 19.3. The second kappa shape index (κ2) is 14.1. The molecule has 1 saturated carbocycles. The standard InChI is InChI=1S/C55H65BF2N2O/c1-12-23-59-46-24-31(2)25-47-49(46)56(51-50(59)40-27-41-42(30-48(40)61-51)55(10,11)22-21-54(41,8)9)43-28-37-32(3)13-14-33(4)38(37)29-45(43)60(47)44-20-19-36(53(5,6)7)26-39(44)34-15-17-35(18-16-34)52(57)58/h12,15,17-18,20,24-28,30,32-34,36,38,52H,1,13-14,16,19,21-23,29H2,2-11H3. The van der Waals surface area contributed by atoms with E-state index in [1.54, 1.807) is 17.7 Å². The van der Waals surface area contributed by atoms with Gasteiger partial charge in [-0.15, -0.1) is 6.58 Å². The van der Waals surface area contributed by atoms with Crippen LogP contribution in [0, 0.1) is 41.9 Å². The maximum atomic E-state index is 14.0. The molecule has 5 aliphatic carbocycles. The van der Waals surface area contributed by atoms with Gasteiger partial charge in [-0.3, -0.25) is 0 Å². The summed E-state index contributed by atoms with van der Waals surface area (Å²) in [5.74, 6) is 1.91. The van der Waals surface area contributed by atoms with Gasteiger partial charge in [0.1, 0.15) is 5.58 Å². The lowest BCUT2D eigenvalue weighted by Crippen LogP contribution is -2.57. The Hall–Kier alpha value is -4.32. The van der Waals surface area contributed by atoms with Gasteiger partial charge in [0.25, 0.3) is 13.1 Å². The molecular formula is C55H65BF2N2O. The zero-order valence-corrected chi connectivity index (χ0v) is 38.3. The first-order valence-corrected chi connectivity index (χ1v) is 23.4. The monoisotopic (exact) mass is 819 g/mol. The maximum absolute atomic E-state index is 14.0. The van der Waals surface area contributed by atoms with E-state index in [0.717, 1.165) is 36.9 Å². The quantitative estimate of drug-likeness (QED) is 0.189. The lowest BCUT2D eigenvalue weighted by atomic mass is 9.34. The van der Waals surface area contributed by atoms with Crippen molar-refractivity contribution < 1.29 is 13.2 Å². The third-order valence-corrected chi connectivity index (χ3v) is 16.4. The fourth-order valence-corrected chi connectivity index (χ4v) is 12.5. The molecule has 0 radical (unpaired) electrons. The summed E-state index contributed by atoms with van der Waals surface area (Å²) in [6.07, 6.45) is 20.0. The number of allylic oxidation sites excluding steroid dienone is 11. The number of furan rings is 1. The first kappa shape index (κ1) is 40.7. The summed E-state index contributed by atoms with van der Waals surface area (Å²) in [7, 11) is 0. The number of anilines is 3. The van der Waals surface area contributed by atoms with Crippen LogP contribution < -0.4 is 20.9 Å². The Morgan fingerprint density at radius 3 is 2.36 bits per heavy atom. The van der Waals surface area contributed by atoms with E-state index in [4.69, 9.17) is 4.42 Å². The molecule has 2 aliphatic heterocycles. The van der Waals surface area contributed by atoms with Crippen molar-refractivity contribution in [3.63, 3.8) is 0 Å². The Labute approximate surface area is 364 Å². The minimum atomic E-state index is -2.46. The first-order chi connectivity index (χ1) is 28.9. The average molecular weight is 819 g/mol. The summed E-state index contributed by atoms with van der Waals surface area (Å²) in [6, 6.07) is 9.72. The predicted molar refractivity (Wildman–Crippen MR) is 253 cm³/mol. The zero-order valence-electron chi connectivity index (χ0n) is 38.3. The number of fused-ring (bicyclic) bond motifs is 7. The first-order valence-electron chi connectivity index (χ1n) is 23.4. The van der Waals surface area contributed by atoms with Gasteiger partial charge in [-0.2, -0.15) is 0 Å². The van der Waals surface area contributed by atoms with Crippen molar-refractivity contribution in [2.45, 2.75) is 131 Å². The summed E-state index contributed by atoms with van der Waals surface area (Å²) in [4.78, 5) is 5.16. The molecule has 1 fully saturated rings. The largest absolute Gasteiger partial charge is 0.468 e. The fraction of sp³-hybridized carbons (Fsp3) is 0.491. The van der Waals surface area contributed by atoms with Crippen LogP contribution in [0.25, 0.3) is 11.0 Å². The second-order valence-corrected chi connectivity index (χ2v) is 22.3. The summed E-state index contributed by atoms with van der Waals surface area (Å²) in [5.41, 5.74) is 18.2. The van der Waals surface area contributed by atoms with Gasteiger partial charge in [0.15, 0.2) is 0 Å². The van der Waals surface area contributed by atoms with Crippen molar-refractivity contribution in [3.8, 4) is 0 Å². The van der Waals surface area contributed by atoms with E-state index in [-0.39, 0.29) is 34.4 Å². The Morgan fingerprint density at radius 2 is 1.69 bits per heavy atom. The molecule has 3 heterocycles. The number of halogens is 2. The van der Waals surface area contributed by atoms with Gasteiger partial charge >= 0.3 is 0 Å². The highest BCUT2D eigenvalue weighted by molar-refractivity contribution is 6.95. The molecule has 0 saturated heterocycles. The number of nitrogens with zero attached hydrogens (tertiary/aromatic N) is 2. The van der Waals surface area contributed by atoms with Crippen LogP contribution >= 0.6 is 0 Å². The number of aryl methyl sites for hydroxylation is 1. The van der Waals surface area contributed by atoms with Gasteiger partial charge < -0.3 is 14.2 Å². The molecule has 3 nitrogen and oxygen atoms in total. The normalized spacial score (nSPS) is 27.4. The highest BCUT2D eigenvalue weighted by Crippen LogP contribution is 2.54. The molecule has 5 atom stereocenters. The second-order valence-electron chi connectivity index (χ2n) is 22.3. The Kier molecular flexibility index (Phi) is 9.41. The van der Waals surface area contributed by atoms with Crippen LogP contribution in [0.3, 0.4) is 0 Å². The lowest BCUT2D eigenvalue weighted by molar-refractivity contribution is 0.193. The molecule has 7 aliphatic rings.